The van der Waals surface area contributed by atoms with Gasteiger partial charge in [-0.25, -0.2) is 0 Å². The highest BCUT2D eigenvalue weighted by Gasteiger charge is 2.21. The van der Waals surface area contributed by atoms with Crippen LogP contribution in [0.15, 0.2) is 0 Å². The largest absolute Gasteiger partial charge is 0.368 e. The molecule has 1 aromatic heterocycles. The molecule has 0 fully saturated rings. The molecule has 1 unspecified atom stereocenters. The Hall–Kier alpha value is -0.910. The Morgan fingerprint density at radius 3 is 3.31 bits per heavy atom. The molecule has 13 heavy (non-hydrogen) atoms. The second-order valence-corrected chi connectivity index (χ2v) is 3.14. The van der Waals surface area contributed by atoms with E-state index in [1.807, 2.05) is 0 Å². The molecule has 2 heterocycles. The Morgan fingerprint density at radius 2 is 2.54 bits per heavy atom. The third-order valence-electron chi connectivity index (χ3n) is 2.22. The number of nitrogens with zero attached hydrogens (tertiary/aromatic N) is 1. The van der Waals surface area contributed by atoms with Crippen molar-refractivity contribution in [2.45, 2.75) is 25.7 Å². The van der Waals surface area contributed by atoms with E-state index in [1.54, 1.807) is 0 Å². The molecule has 1 aromatic rings. The summed E-state index contributed by atoms with van der Waals surface area (Å²) in [6.45, 7) is 1.02. The van der Waals surface area contributed by atoms with E-state index >= 15 is 0 Å². The molecule has 1 aliphatic heterocycles. The van der Waals surface area contributed by atoms with Crippen LogP contribution in [0, 0.1) is 0 Å². The van der Waals surface area contributed by atoms with Crippen LogP contribution < -0.4 is 5.73 Å². The van der Waals surface area contributed by atoms with Gasteiger partial charge in [-0.05, 0) is 6.54 Å². The average molecular weight is 183 g/mol. The number of aromatic amines is 1. The highest BCUT2D eigenvalue weighted by Crippen LogP contribution is 2.20. The molecule has 0 saturated heterocycles. The van der Waals surface area contributed by atoms with Gasteiger partial charge < -0.3 is 15.6 Å². The van der Waals surface area contributed by atoms with Crippen LogP contribution in [0.2, 0.25) is 0 Å². The molecule has 5 nitrogen and oxygen atoms in total. The first-order valence-electron chi connectivity index (χ1n) is 4.36. The zero-order chi connectivity index (χ0) is 9.26. The van der Waals surface area contributed by atoms with Gasteiger partial charge in [0.15, 0.2) is 6.29 Å². The minimum atomic E-state index is -0.696. The molecule has 72 valence electrons. The molecule has 0 amide bonds. The zero-order valence-electron chi connectivity index (χ0n) is 7.29. The molecule has 0 spiro atoms. The van der Waals surface area contributed by atoms with Crippen LogP contribution in [-0.2, 0) is 24.2 Å². The fourth-order valence-corrected chi connectivity index (χ4v) is 1.54. The number of aliphatic hydroxyl groups is 1. The number of hydrogen-bond acceptors (Lipinski definition) is 4. The van der Waals surface area contributed by atoms with Crippen molar-refractivity contribution >= 4 is 0 Å². The second kappa shape index (κ2) is 3.45. The van der Waals surface area contributed by atoms with Crippen molar-refractivity contribution in [3.63, 3.8) is 0 Å². The van der Waals surface area contributed by atoms with E-state index in [9.17, 15) is 5.11 Å². The number of rotatable bonds is 2. The Labute approximate surface area is 75.9 Å². The number of nitrogens with one attached hydrogen (secondary N) is 1. The van der Waals surface area contributed by atoms with Crippen LogP contribution in [-0.4, -0.2) is 28.1 Å². The topological polar surface area (TPSA) is 84.2 Å². The fraction of sp³-hybridized carbons (Fsp3) is 0.625. The van der Waals surface area contributed by atoms with Crippen LogP contribution in [0.4, 0.5) is 0 Å². The second-order valence-electron chi connectivity index (χ2n) is 3.14. The normalized spacial score (nSPS) is 21.5. The summed E-state index contributed by atoms with van der Waals surface area (Å²) >= 11 is 0. The van der Waals surface area contributed by atoms with Gasteiger partial charge in [0.05, 0.1) is 12.3 Å². The quantitative estimate of drug-likeness (QED) is 0.566. The Kier molecular flexibility index (Phi) is 2.30. The molecule has 1 aliphatic rings. The molecule has 1 atom stereocenters. The van der Waals surface area contributed by atoms with Gasteiger partial charge >= 0.3 is 0 Å². The maximum Gasteiger partial charge on any atom is 0.160 e. The Bertz CT molecular complexity index is 284. The predicted octanol–water partition coefficient (Wildman–Crippen LogP) is -0.698. The minimum absolute atomic E-state index is 0.433. The van der Waals surface area contributed by atoms with E-state index in [4.69, 9.17) is 10.5 Å². The van der Waals surface area contributed by atoms with Gasteiger partial charge in [0, 0.05) is 24.1 Å². The van der Waals surface area contributed by atoms with Crippen molar-refractivity contribution in [3.8, 4) is 0 Å². The van der Waals surface area contributed by atoms with Gasteiger partial charge in [-0.2, -0.15) is 5.10 Å². The summed E-state index contributed by atoms with van der Waals surface area (Å²) in [6, 6.07) is 0. The van der Waals surface area contributed by atoms with E-state index in [2.05, 4.69) is 10.2 Å². The standard InChI is InChI=1S/C8H13N3O2/c9-2-1-6-5-4-13-8(12)3-7(5)11-10-6/h8,12H,1-4,9H2,(H,10,11). The number of fused-ring (bicyclic) bond motifs is 1. The van der Waals surface area contributed by atoms with Crippen molar-refractivity contribution < 1.29 is 9.84 Å². The average Bonchev–Trinajstić information content (AvgIpc) is 2.49. The van der Waals surface area contributed by atoms with Gasteiger partial charge in [-0.1, -0.05) is 0 Å². The summed E-state index contributed by atoms with van der Waals surface area (Å²) in [5.74, 6) is 0. The monoisotopic (exact) mass is 183 g/mol. The number of nitrogens with two attached hydrogens (primary N) is 1. The molecule has 2 rings (SSSR count). The van der Waals surface area contributed by atoms with Crippen molar-refractivity contribution in [1.82, 2.24) is 10.2 Å². The summed E-state index contributed by atoms with van der Waals surface area (Å²) in [5, 5.41) is 16.2. The minimum Gasteiger partial charge on any atom is -0.368 e. The van der Waals surface area contributed by atoms with E-state index in [1.165, 1.54) is 0 Å². The lowest BCUT2D eigenvalue weighted by Gasteiger charge is -2.17. The molecule has 0 radical (unpaired) electrons. The lowest BCUT2D eigenvalue weighted by Crippen LogP contribution is -2.21. The van der Waals surface area contributed by atoms with Crippen LogP contribution in [0.5, 0.6) is 0 Å². The maximum absolute atomic E-state index is 9.20. The molecule has 0 aliphatic carbocycles. The molecular weight excluding hydrogens is 170 g/mol. The zero-order valence-corrected chi connectivity index (χ0v) is 7.29. The first kappa shape index (κ1) is 8.68. The summed E-state index contributed by atoms with van der Waals surface area (Å²) in [6.07, 6.45) is 0.553. The first-order chi connectivity index (χ1) is 6.31. The number of aliphatic hydroxyl groups excluding tert-OH is 1. The SMILES string of the molecule is NCCc1n[nH]c2c1COC(O)C2. The van der Waals surface area contributed by atoms with Gasteiger partial charge in [0.25, 0.3) is 0 Å². The predicted molar refractivity (Wildman–Crippen MR) is 45.8 cm³/mol. The highest BCUT2D eigenvalue weighted by molar-refractivity contribution is 5.26. The number of H-pyrrole nitrogens is 1. The first-order valence-corrected chi connectivity index (χ1v) is 4.36. The number of hydrogen-bond donors (Lipinski definition) is 3. The Morgan fingerprint density at radius 1 is 1.69 bits per heavy atom. The summed E-state index contributed by atoms with van der Waals surface area (Å²) < 4.78 is 5.10. The third-order valence-corrected chi connectivity index (χ3v) is 2.22. The van der Waals surface area contributed by atoms with E-state index in [0.29, 0.717) is 19.6 Å². The van der Waals surface area contributed by atoms with Gasteiger partial charge in [0.2, 0.25) is 0 Å². The Balaban J connectivity index is 2.23. The lowest BCUT2D eigenvalue weighted by molar-refractivity contribution is -0.115. The third kappa shape index (κ3) is 1.58. The van der Waals surface area contributed by atoms with Crippen LogP contribution in [0.1, 0.15) is 17.0 Å². The summed E-state index contributed by atoms with van der Waals surface area (Å²) in [7, 11) is 0. The number of ether oxygens (including phenoxy) is 1. The maximum atomic E-state index is 9.20. The fourth-order valence-electron chi connectivity index (χ4n) is 1.54. The van der Waals surface area contributed by atoms with Gasteiger partial charge in [0.1, 0.15) is 0 Å². The molecule has 0 aromatic carbocycles. The van der Waals surface area contributed by atoms with Crippen LogP contribution in [0.25, 0.3) is 0 Å². The smallest absolute Gasteiger partial charge is 0.160 e. The van der Waals surface area contributed by atoms with Crippen molar-refractivity contribution in [3.05, 3.63) is 17.0 Å². The molecule has 0 saturated carbocycles. The van der Waals surface area contributed by atoms with E-state index < -0.39 is 6.29 Å². The van der Waals surface area contributed by atoms with E-state index in [-0.39, 0.29) is 0 Å². The van der Waals surface area contributed by atoms with Crippen molar-refractivity contribution in [1.29, 1.82) is 0 Å². The van der Waals surface area contributed by atoms with Crippen molar-refractivity contribution in [2.75, 3.05) is 6.54 Å². The molecular formula is C8H13N3O2. The van der Waals surface area contributed by atoms with Crippen LogP contribution >= 0.6 is 0 Å². The molecule has 0 bridgehead atoms. The van der Waals surface area contributed by atoms with Crippen LogP contribution in [0.3, 0.4) is 0 Å². The van der Waals surface area contributed by atoms with Crippen molar-refractivity contribution in [2.24, 2.45) is 5.73 Å². The van der Waals surface area contributed by atoms with E-state index in [0.717, 1.165) is 23.4 Å². The summed E-state index contributed by atoms with van der Waals surface area (Å²) in [5.41, 5.74) is 8.44. The number of aromatic nitrogens is 2. The summed E-state index contributed by atoms with van der Waals surface area (Å²) in [4.78, 5) is 0. The van der Waals surface area contributed by atoms with Gasteiger partial charge in [-0.15, -0.1) is 0 Å². The highest BCUT2D eigenvalue weighted by atomic mass is 16.6. The lowest BCUT2D eigenvalue weighted by atomic mass is 10.1. The molecule has 4 N–H and O–H groups in total. The molecule has 5 heteroatoms. The van der Waals surface area contributed by atoms with Gasteiger partial charge in [-0.3, -0.25) is 5.10 Å².